The van der Waals surface area contributed by atoms with E-state index in [0.29, 0.717) is 26.1 Å². The largest absolute Gasteiger partial charge is 0.481 e. The molecular formula is C17H24O5. The van der Waals surface area contributed by atoms with Crippen LogP contribution >= 0.6 is 0 Å². The Labute approximate surface area is 130 Å². The molecule has 0 radical (unpaired) electrons. The zero-order chi connectivity index (χ0) is 15.9. The Morgan fingerprint density at radius 2 is 2.09 bits per heavy atom. The molecule has 0 aliphatic carbocycles. The van der Waals surface area contributed by atoms with E-state index in [1.807, 2.05) is 37.3 Å². The molecule has 2 N–H and O–H groups in total. The fourth-order valence-electron chi connectivity index (χ4n) is 2.73. The van der Waals surface area contributed by atoms with Gasteiger partial charge in [-0.2, -0.15) is 0 Å². The fraction of sp³-hybridized carbons (Fsp3) is 0.588. The highest BCUT2D eigenvalue weighted by molar-refractivity contribution is 5.67. The van der Waals surface area contributed by atoms with Gasteiger partial charge in [-0.3, -0.25) is 4.79 Å². The summed E-state index contributed by atoms with van der Waals surface area (Å²) in [4.78, 5) is 10.9. The van der Waals surface area contributed by atoms with Crippen LogP contribution in [0.1, 0.15) is 31.7 Å². The molecule has 1 heterocycles. The van der Waals surface area contributed by atoms with Crippen LogP contribution in [-0.2, 0) is 20.9 Å². The molecule has 0 saturated carbocycles. The first kappa shape index (κ1) is 16.9. The Morgan fingerprint density at radius 1 is 1.36 bits per heavy atom. The minimum absolute atomic E-state index is 0.0698. The van der Waals surface area contributed by atoms with Gasteiger partial charge in [0.25, 0.3) is 0 Å². The van der Waals surface area contributed by atoms with E-state index in [4.69, 9.17) is 14.6 Å². The highest BCUT2D eigenvalue weighted by atomic mass is 16.5. The van der Waals surface area contributed by atoms with Gasteiger partial charge in [0.15, 0.2) is 0 Å². The molecule has 5 nitrogen and oxygen atoms in total. The lowest BCUT2D eigenvalue weighted by Crippen LogP contribution is -2.44. The molecule has 4 atom stereocenters. The Kier molecular flexibility index (Phi) is 6.36. The van der Waals surface area contributed by atoms with Crippen molar-refractivity contribution < 1.29 is 24.5 Å². The van der Waals surface area contributed by atoms with Gasteiger partial charge in [-0.05, 0) is 18.4 Å². The van der Waals surface area contributed by atoms with E-state index >= 15 is 0 Å². The second kappa shape index (κ2) is 8.27. The third-order valence-corrected chi connectivity index (χ3v) is 4.14. The molecule has 0 bridgehead atoms. The number of carbonyl (C=O) groups is 1. The van der Waals surface area contributed by atoms with E-state index in [9.17, 15) is 9.90 Å². The summed E-state index contributed by atoms with van der Waals surface area (Å²) in [6.07, 6.45) is 0.0297. The standard InChI is InChI=1S/C17H24O5/c1-12-15(18)9-14(22-16(12)10-17(19)20)7-8-21-11-13-5-3-2-4-6-13/h2-6,12,14-16,18H,7-11H2,1H3,(H,19,20)/t12-,14-,15+,16+/m1/s1. The number of rotatable bonds is 7. The maximum atomic E-state index is 10.9. The molecule has 2 rings (SSSR count). The van der Waals surface area contributed by atoms with Crippen molar-refractivity contribution in [1.82, 2.24) is 0 Å². The molecule has 22 heavy (non-hydrogen) atoms. The SMILES string of the molecule is C[C@H]1[C@H](CC(=O)O)O[C@H](CCOCc2ccccc2)C[C@@H]1O. The van der Waals surface area contributed by atoms with Gasteiger partial charge < -0.3 is 19.7 Å². The summed E-state index contributed by atoms with van der Waals surface area (Å²) in [5, 5.41) is 19.0. The summed E-state index contributed by atoms with van der Waals surface area (Å²) in [5.74, 6) is -1.05. The molecule has 1 aromatic carbocycles. The van der Waals surface area contributed by atoms with Crippen molar-refractivity contribution in [3.8, 4) is 0 Å². The van der Waals surface area contributed by atoms with E-state index in [1.54, 1.807) is 0 Å². The molecule has 1 aliphatic rings. The van der Waals surface area contributed by atoms with Crippen LogP contribution in [0.15, 0.2) is 30.3 Å². The number of ether oxygens (including phenoxy) is 2. The number of aliphatic hydroxyl groups is 1. The van der Waals surface area contributed by atoms with Gasteiger partial charge in [0.05, 0.1) is 31.3 Å². The summed E-state index contributed by atoms with van der Waals surface area (Å²) in [6.45, 7) is 2.91. The first-order valence-electron chi connectivity index (χ1n) is 7.73. The van der Waals surface area contributed by atoms with E-state index < -0.39 is 18.2 Å². The molecule has 1 aromatic rings. The second-order valence-electron chi connectivity index (χ2n) is 5.88. The highest BCUT2D eigenvalue weighted by Crippen LogP contribution is 2.28. The molecule has 0 aromatic heterocycles. The van der Waals surface area contributed by atoms with E-state index in [-0.39, 0.29) is 18.4 Å². The quantitative estimate of drug-likeness (QED) is 0.755. The van der Waals surface area contributed by atoms with Crippen LogP contribution in [0, 0.1) is 5.92 Å². The van der Waals surface area contributed by atoms with Gasteiger partial charge in [0.1, 0.15) is 0 Å². The number of benzene rings is 1. The molecule has 1 saturated heterocycles. The molecule has 1 fully saturated rings. The van der Waals surface area contributed by atoms with Gasteiger partial charge in [-0.1, -0.05) is 37.3 Å². The van der Waals surface area contributed by atoms with Crippen molar-refractivity contribution >= 4 is 5.97 Å². The van der Waals surface area contributed by atoms with Crippen LogP contribution in [0.5, 0.6) is 0 Å². The molecular weight excluding hydrogens is 284 g/mol. The van der Waals surface area contributed by atoms with Crippen molar-refractivity contribution in [2.24, 2.45) is 5.92 Å². The summed E-state index contributed by atoms with van der Waals surface area (Å²) < 4.78 is 11.4. The molecule has 0 unspecified atom stereocenters. The summed E-state index contributed by atoms with van der Waals surface area (Å²) >= 11 is 0. The van der Waals surface area contributed by atoms with Gasteiger partial charge in [-0.15, -0.1) is 0 Å². The van der Waals surface area contributed by atoms with Crippen LogP contribution < -0.4 is 0 Å². The zero-order valence-corrected chi connectivity index (χ0v) is 12.9. The van der Waals surface area contributed by atoms with Crippen molar-refractivity contribution in [1.29, 1.82) is 0 Å². The lowest BCUT2D eigenvalue weighted by molar-refractivity contribution is -0.158. The van der Waals surface area contributed by atoms with E-state index in [0.717, 1.165) is 5.56 Å². The minimum atomic E-state index is -0.898. The zero-order valence-electron chi connectivity index (χ0n) is 12.9. The van der Waals surface area contributed by atoms with Gasteiger partial charge >= 0.3 is 5.97 Å². The molecule has 0 spiro atoms. The van der Waals surface area contributed by atoms with Crippen LogP contribution in [0.4, 0.5) is 0 Å². The van der Waals surface area contributed by atoms with Crippen molar-refractivity contribution in [3.63, 3.8) is 0 Å². The Morgan fingerprint density at radius 3 is 2.77 bits per heavy atom. The smallest absolute Gasteiger partial charge is 0.305 e. The Bertz CT molecular complexity index is 461. The summed E-state index contributed by atoms with van der Waals surface area (Å²) in [6, 6.07) is 9.91. The number of hydrogen-bond donors (Lipinski definition) is 2. The average Bonchev–Trinajstić information content (AvgIpc) is 2.49. The number of hydrogen-bond acceptors (Lipinski definition) is 4. The number of carboxylic acids is 1. The molecule has 5 heteroatoms. The number of aliphatic hydroxyl groups excluding tert-OH is 1. The third-order valence-electron chi connectivity index (χ3n) is 4.14. The predicted octanol–water partition coefficient (Wildman–Crippen LogP) is 2.22. The normalized spacial score (nSPS) is 28.5. The van der Waals surface area contributed by atoms with E-state index in [2.05, 4.69) is 0 Å². The van der Waals surface area contributed by atoms with E-state index in [1.165, 1.54) is 0 Å². The Hall–Kier alpha value is -1.43. The molecule has 0 amide bonds. The van der Waals surface area contributed by atoms with Crippen LogP contribution in [0.2, 0.25) is 0 Å². The van der Waals surface area contributed by atoms with Crippen LogP contribution in [0.25, 0.3) is 0 Å². The number of aliphatic carboxylic acids is 1. The average molecular weight is 308 g/mol. The lowest BCUT2D eigenvalue weighted by Gasteiger charge is -2.37. The molecule has 1 aliphatic heterocycles. The topological polar surface area (TPSA) is 76.0 Å². The van der Waals surface area contributed by atoms with Crippen molar-refractivity contribution in [3.05, 3.63) is 35.9 Å². The molecule has 122 valence electrons. The van der Waals surface area contributed by atoms with Crippen LogP contribution in [0.3, 0.4) is 0 Å². The summed E-state index contributed by atoms with van der Waals surface area (Å²) in [5.41, 5.74) is 1.12. The predicted molar refractivity (Wildman–Crippen MR) is 81.4 cm³/mol. The maximum absolute atomic E-state index is 10.9. The summed E-state index contributed by atoms with van der Waals surface area (Å²) in [7, 11) is 0. The van der Waals surface area contributed by atoms with Gasteiger partial charge in [-0.25, -0.2) is 0 Å². The van der Waals surface area contributed by atoms with Gasteiger partial charge in [0, 0.05) is 12.5 Å². The first-order valence-corrected chi connectivity index (χ1v) is 7.73. The minimum Gasteiger partial charge on any atom is -0.481 e. The Balaban J connectivity index is 1.74. The fourth-order valence-corrected chi connectivity index (χ4v) is 2.73. The first-order chi connectivity index (χ1) is 10.6. The van der Waals surface area contributed by atoms with Crippen molar-refractivity contribution in [2.75, 3.05) is 6.61 Å². The van der Waals surface area contributed by atoms with Gasteiger partial charge in [0.2, 0.25) is 0 Å². The monoisotopic (exact) mass is 308 g/mol. The van der Waals surface area contributed by atoms with Crippen LogP contribution in [-0.4, -0.2) is 41.1 Å². The third kappa shape index (κ3) is 5.09. The number of carboxylic acid groups (broad SMARTS) is 1. The lowest BCUT2D eigenvalue weighted by atomic mass is 9.88. The van der Waals surface area contributed by atoms with Crippen molar-refractivity contribution in [2.45, 2.75) is 51.1 Å². The highest BCUT2D eigenvalue weighted by Gasteiger charge is 2.35. The maximum Gasteiger partial charge on any atom is 0.305 e. The second-order valence-corrected chi connectivity index (χ2v) is 5.88.